The fraction of sp³-hybridized carbons (Fsp3) is 1.00. The summed E-state index contributed by atoms with van der Waals surface area (Å²) in [5.41, 5.74) is 0. The lowest BCUT2D eigenvalue weighted by Crippen LogP contribution is -2.32. The Morgan fingerprint density at radius 2 is 2.38 bits per heavy atom. The van der Waals surface area contributed by atoms with Gasteiger partial charge >= 0.3 is 0 Å². The summed E-state index contributed by atoms with van der Waals surface area (Å²) in [5.74, 6) is 0. The average molecular weight is 130 g/mol. The summed E-state index contributed by atoms with van der Waals surface area (Å²) in [4.78, 5) is 2.31. The van der Waals surface area contributed by atoms with Crippen LogP contribution in [0.3, 0.4) is 0 Å². The summed E-state index contributed by atoms with van der Waals surface area (Å²) in [6, 6.07) is 0. The van der Waals surface area contributed by atoms with E-state index in [0.29, 0.717) is 5.25 Å². The summed E-state index contributed by atoms with van der Waals surface area (Å²) >= 11 is 5.12. The zero-order chi connectivity index (χ0) is 5.98. The molecule has 1 radical (unpaired) electrons. The molecule has 47 valence electrons. The Hall–Kier alpha value is 0.310. The van der Waals surface area contributed by atoms with Gasteiger partial charge in [0.25, 0.3) is 0 Å². The van der Waals surface area contributed by atoms with Gasteiger partial charge in [0.15, 0.2) is 0 Å². The van der Waals surface area contributed by atoms with Gasteiger partial charge < -0.3 is 4.90 Å². The van der Waals surface area contributed by atoms with Crippen LogP contribution >= 0.6 is 12.6 Å². The molecule has 1 rings (SSSR count). The minimum absolute atomic E-state index is 0.522. The van der Waals surface area contributed by atoms with Gasteiger partial charge in [-0.1, -0.05) is 12.6 Å². The summed E-state index contributed by atoms with van der Waals surface area (Å²) in [7, 11) is 2.14. The minimum Gasteiger partial charge on any atom is -0.305 e. The molecule has 1 fully saturated rings. The van der Waals surface area contributed by atoms with Crippen molar-refractivity contribution in [2.45, 2.75) is 18.1 Å². The van der Waals surface area contributed by atoms with Crippen LogP contribution in [-0.4, -0.2) is 30.3 Å². The number of hydrogen-bond acceptors (Lipinski definition) is 1. The van der Waals surface area contributed by atoms with E-state index >= 15 is 0 Å². The largest absolute Gasteiger partial charge is 0.305 e. The van der Waals surface area contributed by atoms with Gasteiger partial charge in [-0.25, -0.2) is 0 Å². The van der Waals surface area contributed by atoms with Crippen LogP contribution in [0.4, 0.5) is 0 Å². The first-order chi connectivity index (χ1) is 3.79. The molecule has 0 aliphatic carbocycles. The molecule has 1 heterocycles. The maximum Gasteiger partial charge on any atom is 0.0279 e. The van der Waals surface area contributed by atoms with Crippen molar-refractivity contribution in [3.63, 3.8) is 0 Å². The number of nitrogens with zero attached hydrogens (tertiary/aromatic N) is 1. The van der Waals surface area contributed by atoms with Crippen molar-refractivity contribution in [3.8, 4) is 0 Å². The quantitative estimate of drug-likeness (QED) is 0.477. The van der Waals surface area contributed by atoms with Crippen LogP contribution in [0.1, 0.15) is 12.8 Å². The molecular formula is C6H12NS. The second kappa shape index (κ2) is 2.74. The fourth-order valence-corrected chi connectivity index (χ4v) is 1.54. The monoisotopic (exact) mass is 130 g/mol. The summed E-state index contributed by atoms with van der Waals surface area (Å²) in [6.45, 7) is 2.36. The molecule has 1 aliphatic rings. The van der Waals surface area contributed by atoms with E-state index in [1.54, 1.807) is 0 Å². The normalized spacial score (nSPS) is 33.0. The van der Waals surface area contributed by atoms with Crippen LogP contribution in [-0.2, 0) is 0 Å². The molecule has 1 saturated heterocycles. The predicted molar refractivity (Wildman–Crippen MR) is 38.1 cm³/mol. The first kappa shape index (κ1) is 6.43. The summed E-state index contributed by atoms with van der Waals surface area (Å²) in [5, 5.41) is 0.522. The molecule has 0 aromatic rings. The Balaban J connectivity index is 2.23. The van der Waals surface area contributed by atoms with Crippen LogP contribution in [0.15, 0.2) is 0 Å². The first-order valence-corrected chi connectivity index (χ1v) is 3.60. The standard InChI is InChI=1S/C6H12NS/c1-7-4-2-3-6(8)5-7/h6H,2-5H2,1H3. The van der Waals surface area contributed by atoms with E-state index in [0.717, 1.165) is 6.54 Å². The lowest BCUT2D eigenvalue weighted by molar-refractivity contribution is 0.284. The van der Waals surface area contributed by atoms with Crippen molar-refractivity contribution in [2.75, 3.05) is 20.1 Å². The van der Waals surface area contributed by atoms with Crippen LogP contribution in [0.2, 0.25) is 0 Å². The van der Waals surface area contributed by atoms with Crippen molar-refractivity contribution in [1.82, 2.24) is 4.90 Å². The Kier molecular flexibility index (Phi) is 2.20. The molecule has 0 N–H and O–H groups in total. The average Bonchev–Trinajstić information content (AvgIpc) is 1.64. The van der Waals surface area contributed by atoms with E-state index in [9.17, 15) is 0 Å². The van der Waals surface area contributed by atoms with Crippen molar-refractivity contribution in [2.24, 2.45) is 0 Å². The molecule has 0 aromatic carbocycles. The fourth-order valence-electron chi connectivity index (χ4n) is 1.12. The van der Waals surface area contributed by atoms with E-state index < -0.39 is 0 Å². The zero-order valence-corrected chi connectivity index (χ0v) is 6.08. The lowest BCUT2D eigenvalue weighted by Gasteiger charge is -2.25. The van der Waals surface area contributed by atoms with Crippen molar-refractivity contribution in [1.29, 1.82) is 0 Å². The third-order valence-electron chi connectivity index (χ3n) is 1.58. The van der Waals surface area contributed by atoms with Gasteiger partial charge in [0, 0.05) is 11.8 Å². The molecule has 1 atom stereocenters. The van der Waals surface area contributed by atoms with E-state index in [1.807, 2.05) is 0 Å². The Morgan fingerprint density at radius 1 is 1.62 bits per heavy atom. The van der Waals surface area contributed by atoms with E-state index in [2.05, 4.69) is 11.9 Å². The van der Waals surface area contributed by atoms with Crippen LogP contribution in [0, 0.1) is 0 Å². The second-order valence-electron chi connectivity index (χ2n) is 2.53. The molecular weight excluding hydrogens is 118 g/mol. The van der Waals surface area contributed by atoms with Gasteiger partial charge in [0.2, 0.25) is 0 Å². The Labute approximate surface area is 56.5 Å². The number of likely N-dealkylation sites (tertiary alicyclic amines) is 1. The van der Waals surface area contributed by atoms with Gasteiger partial charge in [-0.15, -0.1) is 0 Å². The number of piperidine rings is 1. The zero-order valence-electron chi connectivity index (χ0n) is 5.26. The van der Waals surface area contributed by atoms with E-state index in [1.165, 1.54) is 19.4 Å². The molecule has 1 aliphatic heterocycles. The van der Waals surface area contributed by atoms with Crippen molar-refractivity contribution < 1.29 is 0 Å². The molecule has 0 spiro atoms. The van der Waals surface area contributed by atoms with Gasteiger partial charge in [0.1, 0.15) is 0 Å². The van der Waals surface area contributed by atoms with Gasteiger partial charge in [0.05, 0.1) is 0 Å². The minimum atomic E-state index is 0.522. The highest BCUT2D eigenvalue weighted by Crippen LogP contribution is 2.11. The lowest BCUT2D eigenvalue weighted by atomic mass is 10.1. The van der Waals surface area contributed by atoms with Crippen LogP contribution < -0.4 is 0 Å². The maximum absolute atomic E-state index is 5.12. The summed E-state index contributed by atoms with van der Waals surface area (Å²) < 4.78 is 0. The summed E-state index contributed by atoms with van der Waals surface area (Å²) in [6.07, 6.45) is 2.55. The van der Waals surface area contributed by atoms with E-state index in [4.69, 9.17) is 12.6 Å². The molecule has 0 saturated carbocycles. The molecule has 8 heavy (non-hydrogen) atoms. The molecule has 1 nitrogen and oxygen atoms in total. The molecule has 0 bridgehead atoms. The Bertz CT molecular complexity index is 66.9. The third-order valence-corrected chi connectivity index (χ3v) is 1.97. The molecule has 0 amide bonds. The van der Waals surface area contributed by atoms with Crippen molar-refractivity contribution >= 4 is 12.6 Å². The second-order valence-corrected chi connectivity index (χ2v) is 3.19. The number of hydrogen-bond donors (Lipinski definition) is 0. The smallest absolute Gasteiger partial charge is 0.0279 e. The third kappa shape index (κ3) is 1.67. The highest BCUT2D eigenvalue weighted by Gasteiger charge is 2.12. The van der Waals surface area contributed by atoms with Gasteiger partial charge in [-0.2, -0.15) is 0 Å². The topological polar surface area (TPSA) is 3.24 Å². The van der Waals surface area contributed by atoms with E-state index in [-0.39, 0.29) is 0 Å². The van der Waals surface area contributed by atoms with Crippen molar-refractivity contribution in [3.05, 3.63) is 0 Å². The SMILES string of the molecule is CN1CCCC([S])C1. The predicted octanol–water partition coefficient (Wildman–Crippen LogP) is 1.28. The first-order valence-electron chi connectivity index (χ1n) is 3.13. The Morgan fingerprint density at radius 3 is 2.75 bits per heavy atom. The molecule has 0 aromatic heterocycles. The molecule has 2 heteroatoms. The highest BCUT2D eigenvalue weighted by molar-refractivity contribution is 7.81. The van der Waals surface area contributed by atoms with Crippen LogP contribution in [0.25, 0.3) is 0 Å². The molecule has 1 unspecified atom stereocenters. The maximum atomic E-state index is 5.12. The highest BCUT2D eigenvalue weighted by atomic mass is 32.1. The number of rotatable bonds is 0. The van der Waals surface area contributed by atoms with Gasteiger partial charge in [-0.05, 0) is 26.4 Å². The van der Waals surface area contributed by atoms with Gasteiger partial charge in [-0.3, -0.25) is 0 Å². The van der Waals surface area contributed by atoms with Crippen LogP contribution in [0.5, 0.6) is 0 Å².